The van der Waals surface area contributed by atoms with Crippen molar-refractivity contribution in [1.29, 1.82) is 0 Å². The molecule has 5 nitrogen and oxygen atoms in total. The number of carbonyl (C=O) groups is 1. The van der Waals surface area contributed by atoms with Gasteiger partial charge in [0.2, 0.25) is 5.91 Å². The van der Waals surface area contributed by atoms with Crippen LogP contribution in [-0.4, -0.2) is 55.1 Å². The minimum absolute atomic E-state index is 0.174. The summed E-state index contributed by atoms with van der Waals surface area (Å²) in [5, 5.41) is 0. The first-order valence-electron chi connectivity index (χ1n) is 11.6. The van der Waals surface area contributed by atoms with Crippen LogP contribution < -0.4 is 9.47 Å². The normalized spacial score (nSPS) is 26.6. The number of likely N-dealkylation sites (tertiary alicyclic amines) is 2. The summed E-state index contributed by atoms with van der Waals surface area (Å²) in [5.74, 6) is 1.93. The Morgan fingerprint density at radius 1 is 0.931 bits per heavy atom. The van der Waals surface area contributed by atoms with Crippen LogP contribution in [0.15, 0.2) is 18.2 Å². The molecule has 1 aliphatic carbocycles. The van der Waals surface area contributed by atoms with Crippen LogP contribution in [0.3, 0.4) is 0 Å². The summed E-state index contributed by atoms with van der Waals surface area (Å²) in [6.45, 7) is 4.84. The van der Waals surface area contributed by atoms with Crippen molar-refractivity contribution < 1.29 is 14.3 Å². The fourth-order valence-electron chi connectivity index (χ4n) is 5.95. The van der Waals surface area contributed by atoms with Crippen LogP contribution in [0.1, 0.15) is 69.4 Å². The van der Waals surface area contributed by atoms with Gasteiger partial charge in [0, 0.05) is 6.54 Å². The predicted octanol–water partition coefficient (Wildman–Crippen LogP) is 4.17. The zero-order chi connectivity index (χ0) is 19.7. The Morgan fingerprint density at radius 2 is 1.69 bits per heavy atom. The Kier molecular flexibility index (Phi) is 5.42. The lowest BCUT2D eigenvalue weighted by atomic mass is 9.68. The SMILES string of the molecule is O=C(CN1CCC2(CCCCC2)CC1)N1CCCC1c1ccc2c(c1)OCCO2. The van der Waals surface area contributed by atoms with Crippen molar-refractivity contribution in [2.75, 3.05) is 39.4 Å². The highest BCUT2D eigenvalue weighted by Gasteiger charge is 2.37. The molecular formula is C24H34N2O3. The van der Waals surface area contributed by atoms with E-state index in [-0.39, 0.29) is 6.04 Å². The van der Waals surface area contributed by atoms with Crippen molar-refractivity contribution in [3.8, 4) is 11.5 Å². The zero-order valence-corrected chi connectivity index (χ0v) is 17.5. The molecule has 29 heavy (non-hydrogen) atoms. The van der Waals surface area contributed by atoms with Gasteiger partial charge in [-0.3, -0.25) is 9.69 Å². The van der Waals surface area contributed by atoms with Crippen molar-refractivity contribution in [3.63, 3.8) is 0 Å². The minimum Gasteiger partial charge on any atom is -0.486 e. The highest BCUT2D eigenvalue weighted by molar-refractivity contribution is 5.79. The van der Waals surface area contributed by atoms with Gasteiger partial charge in [-0.25, -0.2) is 0 Å². The quantitative estimate of drug-likeness (QED) is 0.766. The maximum atomic E-state index is 13.2. The first-order chi connectivity index (χ1) is 14.2. The third-order valence-corrected chi connectivity index (χ3v) is 7.71. The number of fused-ring (bicyclic) bond motifs is 1. The monoisotopic (exact) mass is 398 g/mol. The molecule has 1 atom stereocenters. The second kappa shape index (κ2) is 8.17. The maximum absolute atomic E-state index is 13.2. The highest BCUT2D eigenvalue weighted by atomic mass is 16.6. The van der Waals surface area contributed by atoms with Crippen molar-refractivity contribution in [2.24, 2.45) is 5.41 Å². The molecule has 158 valence electrons. The van der Waals surface area contributed by atoms with Gasteiger partial charge in [-0.15, -0.1) is 0 Å². The fourth-order valence-corrected chi connectivity index (χ4v) is 5.95. The third kappa shape index (κ3) is 3.98. The molecule has 0 N–H and O–H groups in total. The maximum Gasteiger partial charge on any atom is 0.237 e. The van der Waals surface area contributed by atoms with E-state index in [0.29, 0.717) is 31.1 Å². The van der Waals surface area contributed by atoms with E-state index in [0.717, 1.165) is 44.0 Å². The number of carbonyl (C=O) groups excluding carboxylic acids is 1. The second-order valence-corrected chi connectivity index (χ2v) is 9.49. The minimum atomic E-state index is 0.174. The number of nitrogens with zero attached hydrogens (tertiary/aromatic N) is 2. The molecule has 1 unspecified atom stereocenters. The van der Waals surface area contributed by atoms with E-state index in [1.807, 2.05) is 6.07 Å². The molecule has 0 radical (unpaired) electrons. The Bertz CT molecular complexity index is 734. The van der Waals surface area contributed by atoms with Crippen LogP contribution in [0.2, 0.25) is 0 Å². The standard InChI is InChI=1S/C24H34N2O3/c27-23(18-25-13-10-24(11-14-25)8-2-1-3-9-24)26-12-4-5-20(26)19-6-7-21-22(17-19)29-16-15-28-21/h6-7,17,20H,1-5,8-16,18H2. The number of hydrogen-bond acceptors (Lipinski definition) is 4. The van der Waals surface area contributed by atoms with Crippen LogP contribution in [0, 0.1) is 5.41 Å². The number of ether oxygens (including phenoxy) is 2. The third-order valence-electron chi connectivity index (χ3n) is 7.71. The average molecular weight is 399 g/mol. The van der Waals surface area contributed by atoms with Crippen LogP contribution in [0.25, 0.3) is 0 Å². The Balaban J connectivity index is 1.21. The summed E-state index contributed by atoms with van der Waals surface area (Å²) >= 11 is 0. The summed E-state index contributed by atoms with van der Waals surface area (Å²) in [7, 11) is 0. The summed E-state index contributed by atoms with van der Waals surface area (Å²) in [4.78, 5) is 17.7. The van der Waals surface area contributed by atoms with Gasteiger partial charge in [-0.2, -0.15) is 0 Å². The largest absolute Gasteiger partial charge is 0.486 e. The average Bonchev–Trinajstić information content (AvgIpc) is 3.26. The Morgan fingerprint density at radius 3 is 2.48 bits per heavy atom. The molecule has 1 spiro atoms. The lowest BCUT2D eigenvalue weighted by molar-refractivity contribution is -0.134. The second-order valence-electron chi connectivity index (χ2n) is 9.49. The number of benzene rings is 1. The molecule has 3 heterocycles. The van der Waals surface area contributed by atoms with Gasteiger partial charge in [0.15, 0.2) is 11.5 Å². The molecule has 4 aliphatic rings. The smallest absolute Gasteiger partial charge is 0.237 e. The van der Waals surface area contributed by atoms with Crippen molar-refractivity contribution in [3.05, 3.63) is 23.8 Å². The van der Waals surface area contributed by atoms with Gasteiger partial charge in [-0.05, 0) is 74.7 Å². The lowest BCUT2D eigenvalue weighted by Crippen LogP contribution is -2.46. The van der Waals surface area contributed by atoms with E-state index in [1.54, 1.807) is 0 Å². The molecule has 3 fully saturated rings. The van der Waals surface area contributed by atoms with Crippen molar-refractivity contribution in [1.82, 2.24) is 9.80 Å². The molecular weight excluding hydrogens is 364 g/mol. The molecule has 0 bridgehead atoms. The Hall–Kier alpha value is -1.75. The van der Waals surface area contributed by atoms with E-state index in [1.165, 1.54) is 50.5 Å². The first-order valence-corrected chi connectivity index (χ1v) is 11.6. The van der Waals surface area contributed by atoms with Gasteiger partial charge >= 0.3 is 0 Å². The zero-order valence-electron chi connectivity index (χ0n) is 17.5. The predicted molar refractivity (Wildman–Crippen MR) is 112 cm³/mol. The number of hydrogen-bond donors (Lipinski definition) is 0. The van der Waals surface area contributed by atoms with Crippen LogP contribution in [-0.2, 0) is 4.79 Å². The van der Waals surface area contributed by atoms with Gasteiger partial charge in [0.25, 0.3) is 0 Å². The van der Waals surface area contributed by atoms with Crippen LogP contribution in [0.4, 0.5) is 0 Å². The first kappa shape index (κ1) is 19.2. The number of rotatable bonds is 3. The van der Waals surface area contributed by atoms with E-state index in [9.17, 15) is 4.79 Å². The molecule has 1 saturated carbocycles. The van der Waals surface area contributed by atoms with E-state index in [4.69, 9.17) is 9.47 Å². The van der Waals surface area contributed by atoms with E-state index < -0.39 is 0 Å². The van der Waals surface area contributed by atoms with E-state index in [2.05, 4.69) is 21.9 Å². The lowest BCUT2D eigenvalue weighted by Gasteiger charge is -2.44. The van der Waals surface area contributed by atoms with Gasteiger partial charge in [0.1, 0.15) is 13.2 Å². The Labute approximate surface area is 174 Å². The summed E-state index contributed by atoms with van der Waals surface area (Å²) in [6.07, 6.45) is 11.7. The van der Waals surface area contributed by atoms with Crippen LogP contribution in [0.5, 0.6) is 11.5 Å². The molecule has 5 rings (SSSR count). The number of amides is 1. The molecule has 2 saturated heterocycles. The molecule has 3 aliphatic heterocycles. The van der Waals surface area contributed by atoms with Gasteiger partial charge in [0.05, 0.1) is 12.6 Å². The summed E-state index contributed by atoms with van der Waals surface area (Å²) < 4.78 is 11.4. The van der Waals surface area contributed by atoms with Gasteiger partial charge in [-0.1, -0.05) is 25.3 Å². The molecule has 5 heteroatoms. The number of piperidine rings is 1. The highest BCUT2D eigenvalue weighted by Crippen LogP contribution is 2.44. The molecule has 1 aromatic carbocycles. The van der Waals surface area contributed by atoms with Crippen molar-refractivity contribution >= 4 is 5.91 Å². The van der Waals surface area contributed by atoms with Crippen molar-refractivity contribution in [2.45, 2.75) is 63.8 Å². The fraction of sp³-hybridized carbons (Fsp3) is 0.708. The topological polar surface area (TPSA) is 42.0 Å². The molecule has 0 aromatic heterocycles. The van der Waals surface area contributed by atoms with E-state index >= 15 is 0 Å². The molecule has 1 aromatic rings. The molecule has 1 amide bonds. The van der Waals surface area contributed by atoms with Crippen LogP contribution >= 0.6 is 0 Å². The van der Waals surface area contributed by atoms with Gasteiger partial charge < -0.3 is 14.4 Å². The summed E-state index contributed by atoms with van der Waals surface area (Å²) in [5.41, 5.74) is 1.78. The summed E-state index contributed by atoms with van der Waals surface area (Å²) in [6, 6.07) is 6.36.